The van der Waals surface area contributed by atoms with Crippen LogP contribution in [0.25, 0.3) is 10.9 Å². The number of amides is 3. The van der Waals surface area contributed by atoms with Gasteiger partial charge in [0.15, 0.2) is 0 Å². The number of para-hydroxylation sites is 1. The van der Waals surface area contributed by atoms with Gasteiger partial charge in [0.05, 0.1) is 6.42 Å². The van der Waals surface area contributed by atoms with E-state index in [1.807, 2.05) is 29.6 Å². The van der Waals surface area contributed by atoms with E-state index in [0.29, 0.717) is 13.1 Å². The third kappa shape index (κ3) is 4.48. The second-order valence-electron chi connectivity index (χ2n) is 7.07. The van der Waals surface area contributed by atoms with Crippen molar-refractivity contribution in [3.63, 3.8) is 0 Å². The first-order valence-electron chi connectivity index (χ1n) is 9.56. The molecule has 2 aromatic heterocycles. The highest BCUT2D eigenvalue weighted by molar-refractivity contribution is 7.10. The number of aromatic nitrogens is 1. The van der Waals surface area contributed by atoms with Gasteiger partial charge in [-0.05, 0) is 35.1 Å². The second kappa shape index (κ2) is 8.48. The van der Waals surface area contributed by atoms with Crippen molar-refractivity contribution in [1.29, 1.82) is 0 Å². The van der Waals surface area contributed by atoms with Crippen LogP contribution in [0.5, 0.6) is 0 Å². The molecule has 7 nitrogen and oxygen atoms in total. The Morgan fingerprint density at radius 2 is 1.90 bits per heavy atom. The summed E-state index contributed by atoms with van der Waals surface area (Å²) in [5, 5.41) is 3.03. The zero-order valence-corrected chi connectivity index (χ0v) is 16.7. The van der Waals surface area contributed by atoms with Gasteiger partial charge in [0.1, 0.15) is 0 Å². The topological polar surface area (TPSA) is 94.3 Å². The fraction of sp³-hybridized carbons (Fsp3) is 0.286. The largest absolute Gasteiger partial charge is 0.361 e. The Balaban J connectivity index is 1.20. The molecule has 29 heavy (non-hydrogen) atoms. The number of aromatic amines is 1. The average molecular weight is 410 g/mol. The Hall–Kier alpha value is -3.13. The van der Waals surface area contributed by atoms with E-state index in [9.17, 15) is 14.4 Å². The van der Waals surface area contributed by atoms with Crippen molar-refractivity contribution in [3.8, 4) is 0 Å². The Bertz CT molecular complexity index is 1060. The van der Waals surface area contributed by atoms with E-state index in [0.717, 1.165) is 22.9 Å². The minimum Gasteiger partial charge on any atom is -0.361 e. The maximum Gasteiger partial charge on any atom is 0.242 e. The van der Waals surface area contributed by atoms with E-state index in [4.69, 9.17) is 0 Å². The van der Waals surface area contributed by atoms with E-state index in [-0.39, 0.29) is 37.0 Å². The molecule has 8 heteroatoms. The highest BCUT2D eigenvalue weighted by Crippen LogP contribution is 2.24. The monoisotopic (exact) mass is 410 g/mol. The number of thiophene rings is 1. The van der Waals surface area contributed by atoms with Gasteiger partial charge in [0.2, 0.25) is 17.7 Å². The lowest BCUT2D eigenvalue weighted by Gasteiger charge is -2.27. The number of carbonyl (C=O) groups excluding carboxylic acids is 3. The fourth-order valence-corrected chi connectivity index (χ4v) is 4.43. The van der Waals surface area contributed by atoms with E-state index >= 15 is 0 Å². The summed E-state index contributed by atoms with van der Waals surface area (Å²) in [5.74, 6) is -0.726. The molecule has 3 aromatic rings. The van der Waals surface area contributed by atoms with Crippen molar-refractivity contribution in [2.75, 3.05) is 6.54 Å². The van der Waals surface area contributed by atoms with Gasteiger partial charge in [0, 0.05) is 47.9 Å². The van der Waals surface area contributed by atoms with Crippen LogP contribution in [0.15, 0.2) is 41.9 Å². The molecular formula is C21H22N4O3S. The third-order valence-corrected chi connectivity index (χ3v) is 6.12. The van der Waals surface area contributed by atoms with Crippen molar-refractivity contribution in [2.24, 2.45) is 0 Å². The van der Waals surface area contributed by atoms with Gasteiger partial charge in [-0.1, -0.05) is 18.2 Å². The van der Waals surface area contributed by atoms with Gasteiger partial charge in [-0.3, -0.25) is 25.2 Å². The van der Waals surface area contributed by atoms with Crippen LogP contribution in [-0.2, 0) is 33.8 Å². The first-order chi connectivity index (χ1) is 14.1. The smallest absolute Gasteiger partial charge is 0.242 e. The molecule has 3 heterocycles. The van der Waals surface area contributed by atoms with Crippen LogP contribution < -0.4 is 10.9 Å². The summed E-state index contributed by atoms with van der Waals surface area (Å²) in [4.78, 5) is 42.7. The second-order valence-corrected chi connectivity index (χ2v) is 8.07. The summed E-state index contributed by atoms with van der Waals surface area (Å²) >= 11 is 1.72. The van der Waals surface area contributed by atoms with E-state index < -0.39 is 0 Å². The summed E-state index contributed by atoms with van der Waals surface area (Å²) in [6, 6.07) is 9.77. The maximum absolute atomic E-state index is 12.4. The molecular weight excluding hydrogens is 388 g/mol. The highest BCUT2D eigenvalue weighted by atomic mass is 32.1. The Labute approximate surface area is 172 Å². The Morgan fingerprint density at radius 3 is 2.79 bits per heavy atom. The molecule has 150 valence electrons. The van der Waals surface area contributed by atoms with Crippen molar-refractivity contribution < 1.29 is 14.4 Å². The summed E-state index contributed by atoms with van der Waals surface area (Å²) in [7, 11) is 0. The van der Waals surface area contributed by atoms with E-state index in [1.54, 1.807) is 22.4 Å². The van der Waals surface area contributed by atoms with Crippen LogP contribution in [0, 0.1) is 0 Å². The first kappa shape index (κ1) is 19.2. The summed E-state index contributed by atoms with van der Waals surface area (Å²) in [6.45, 7) is 1.30. The van der Waals surface area contributed by atoms with Gasteiger partial charge in [-0.2, -0.15) is 0 Å². The van der Waals surface area contributed by atoms with Gasteiger partial charge >= 0.3 is 0 Å². The molecule has 0 spiro atoms. The predicted molar refractivity (Wildman–Crippen MR) is 111 cm³/mol. The molecule has 1 aromatic carbocycles. The lowest BCUT2D eigenvalue weighted by molar-refractivity contribution is -0.135. The van der Waals surface area contributed by atoms with Crippen molar-refractivity contribution >= 4 is 40.0 Å². The number of hydrogen-bond acceptors (Lipinski definition) is 4. The van der Waals surface area contributed by atoms with Crippen LogP contribution >= 0.6 is 11.3 Å². The third-order valence-electron chi connectivity index (χ3n) is 5.09. The number of benzene rings is 1. The van der Waals surface area contributed by atoms with Crippen molar-refractivity contribution in [1.82, 2.24) is 20.7 Å². The Morgan fingerprint density at radius 1 is 1.07 bits per heavy atom. The normalized spacial score (nSPS) is 13.2. The zero-order chi connectivity index (χ0) is 20.2. The summed E-state index contributed by atoms with van der Waals surface area (Å²) in [5.41, 5.74) is 7.84. The van der Waals surface area contributed by atoms with E-state index in [1.165, 1.54) is 10.4 Å². The van der Waals surface area contributed by atoms with E-state index in [2.05, 4.69) is 21.9 Å². The first-order valence-corrected chi connectivity index (χ1v) is 10.4. The molecule has 0 fully saturated rings. The summed E-state index contributed by atoms with van der Waals surface area (Å²) in [6.07, 6.45) is 2.99. The van der Waals surface area contributed by atoms with Gasteiger partial charge < -0.3 is 9.88 Å². The molecule has 3 amide bonds. The molecule has 0 radical (unpaired) electrons. The number of rotatable bonds is 5. The molecule has 0 unspecified atom stereocenters. The van der Waals surface area contributed by atoms with Crippen LogP contribution in [0.4, 0.5) is 0 Å². The fourth-order valence-electron chi connectivity index (χ4n) is 3.54. The molecule has 0 aliphatic carbocycles. The molecule has 0 saturated carbocycles. The minimum absolute atomic E-state index is 0.0397. The lowest BCUT2D eigenvalue weighted by atomic mass is 10.1. The number of fused-ring (bicyclic) bond motifs is 2. The molecule has 1 aliphatic heterocycles. The number of nitrogens with zero attached hydrogens (tertiary/aromatic N) is 1. The maximum atomic E-state index is 12.4. The molecule has 0 saturated heterocycles. The number of carbonyl (C=O) groups is 3. The Kier molecular flexibility index (Phi) is 5.62. The number of hydrogen-bond donors (Lipinski definition) is 3. The van der Waals surface area contributed by atoms with Crippen LogP contribution in [0.1, 0.15) is 28.8 Å². The average Bonchev–Trinajstić information content (AvgIpc) is 3.37. The standard InChI is InChI=1S/C21H22N4O3S/c26-19(5-6-21(28)25-9-7-18-14(13-25)8-10-29-18)23-24-20(27)11-15-12-22-17-4-2-1-3-16(15)17/h1-4,8,10,12,22H,5-7,9,11,13H2,(H,23,26)(H,24,27). The molecule has 0 bridgehead atoms. The SMILES string of the molecule is O=C(CCC(=O)N1CCc2sccc2C1)NNC(=O)Cc1c[nH]c2ccccc12. The van der Waals surface area contributed by atoms with Crippen molar-refractivity contribution in [2.45, 2.75) is 32.2 Å². The van der Waals surface area contributed by atoms with Gasteiger partial charge in [-0.25, -0.2) is 0 Å². The number of hydrazine groups is 1. The molecule has 3 N–H and O–H groups in total. The number of nitrogens with one attached hydrogen (secondary N) is 3. The molecule has 0 atom stereocenters. The number of H-pyrrole nitrogens is 1. The van der Waals surface area contributed by atoms with Crippen LogP contribution in [0.2, 0.25) is 0 Å². The van der Waals surface area contributed by atoms with Crippen LogP contribution in [0.3, 0.4) is 0 Å². The highest BCUT2D eigenvalue weighted by Gasteiger charge is 2.21. The van der Waals surface area contributed by atoms with Gasteiger partial charge in [-0.15, -0.1) is 11.3 Å². The molecule has 4 rings (SSSR count). The van der Waals surface area contributed by atoms with Crippen LogP contribution in [-0.4, -0.2) is 34.2 Å². The van der Waals surface area contributed by atoms with Gasteiger partial charge in [0.25, 0.3) is 0 Å². The summed E-state index contributed by atoms with van der Waals surface area (Å²) < 4.78 is 0. The molecule has 1 aliphatic rings. The van der Waals surface area contributed by atoms with Crippen molar-refractivity contribution in [3.05, 3.63) is 57.9 Å². The lowest BCUT2D eigenvalue weighted by Crippen LogP contribution is -2.43. The quantitative estimate of drug-likeness (QED) is 0.563. The zero-order valence-electron chi connectivity index (χ0n) is 15.9. The predicted octanol–water partition coefficient (Wildman–Crippen LogP) is 2.28. The minimum atomic E-state index is -0.376.